The molecule has 2 rings (SSSR count). The highest BCUT2D eigenvalue weighted by atomic mass is 16.4. The molecule has 0 bridgehead atoms. The first-order chi connectivity index (χ1) is 9.01. The van der Waals surface area contributed by atoms with E-state index >= 15 is 0 Å². The van der Waals surface area contributed by atoms with Crippen LogP contribution in [0.1, 0.15) is 31.4 Å². The molecule has 0 aromatic carbocycles. The van der Waals surface area contributed by atoms with Crippen molar-refractivity contribution in [3.8, 4) is 0 Å². The van der Waals surface area contributed by atoms with Gasteiger partial charge in [0.05, 0.1) is 24.8 Å². The van der Waals surface area contributed by atoms with Crippen LogP contribution >= 0.6 is 0 Å². The molecule has 0 unspecified atom stereocenters. The van der Waals surface area contributed by atoms with Crippen molar-refractivity contribution in [3.63, 3.8) is 0 Å². The molecule has 1 aliphatic carbocycles. The van der Waals surface area contributed by atoms with Crippen molar-refractivity contribution in [2.24, 2.45) is 0 Å². The SMILES string of the molecule is CN(Cc1ccco1)C(=O)NC1(CC(=O)O)CCC1. The molecule has 0 radical (unpaired) electrons. The molecule has 1 fully saturated rings. The fourth-order valence-electron chi connectivity index (χ4n) is 2.27. The summed E-state index contributed by atoms with van der Waals surface area (Å²) in [5, 5.41) is 11.7. The number of carbonyl (C=O) groups excluding carboxylic acids is 1. The summed E-state index contributed by atoms with van der Waals surface area (Å²) in [4.78, 5) is 24.4. The number of nitrogens with one attached hydrogen (secondary N) is 1. The minimum Gasteiger partial charge on any atom is -0.481 e. The van der Waals surface area contributed by atoms with Gasteiger partial charge in [-0.3, -0.25) is 4.79 Å². The highest BCUT2D eigenvalue weighted by Crippen LogP contribution is 2.35. The van der Waals surface area contributed by atoms with Gasteiger partial charge >= 0.3 is 12.0 Å². The van der Waals surface area contributed by atoms with Gasteiger partial charge in [0.15, 0.2) is 0 Å². The molecule has 1 aliphatic rings. The van der Waals surface area contributed by atoms with Crippen LogP contribution in [0.3, 0.4) is 0 Å². The zero-order chi connectivity index (χ0) is 13.9. The lowest BCUT2D eigenvalue weighted by Crippen LogP contribution is -2.57. The second-order valence-corrected chi connectivity index (χ2v) is 5.07. The maximum absolute atomic E-state index is 12.0. The first kappa shape index (κ1) is 13.5. The molecule has 0 spiro atoms. The van der Waals surface area contributed by atoms with Gasteiger partial charge in [0.2, 0.25) is 0 Å². The maximum Gasteiger partial charge on any atom is 0.317 e. The summed E-state index contributed by atoms with van der Waals surface area (Å²) in [6.07, 6.45) is 3.93. The Hall–Kier alpha value is -1.98. The Morgan fingerprint density at radius 1 is 1.53 bits per heavy atom. The second-order valence-electron chi connectivity index (χ2n) is 5.07. The molecule has 1 aromatic rings. The van der Waals surface area contributed by atoms with Crippen LogP contribution < -0.4 is 5.32 Å². The number of carboxylic acids is 1. The lowest BCUT2D eigenvalue weighted by Gasteiger charge is -2.42. The quantitative estimate of drug-likeness (QED) is 0.851. The number of carbonyl (C=O) groups is 2. The summed E-state index contributed by atoms with van der Waals surface area (Å²) in [6, 6.07) is 3.29. The van der Waals surface area contributed by atoms with Crippen LogP contribution in [0, 0.1) is 0 Å². The van der Waals surface area contributed by atoms with E-state index in [1.165, 1.54) is 4.90 Å². The topological polar surface area (TPSA) is 82.8 Å². The second kappa shape index (κ2) is 5.34. The highest BCUT2D eigenvalue weighted by Gasteiger charge is 2.40. The molecule has 0 saturated heterocycles. The smallest absolute Gasteiger partial charge is 0.317 e. The van der Waals surface area contributed by atoms with E-state index in [-0.39, 0.29) is 12.5 Å². The van der Waals surface area contributed by atoms with Crippen molar-refractivity contribution in [2.75, 3.05) is 7.05 Å². The van der Waals surface area contributed by atoms with Gasteiger partial charge in [-0.05, 0) is 31.4 Å². The molecule has 1 heterocycles. The molecule has 2 N–H and O–H groups in total. The van der Waals surface area contributed by atoms with Gasteiger partial charge in [-0.1, -0.05) is 0 Å². The van der Waals surface area contributed by atoms with E-state index in [0.29, 0.717) is 12.3 Å². The summed E-state index contributed by atoms with van der Waals surface area (Å²) >= 11 is 0. The number of nitrogens with zero attached hydrogens (tertiary/aromatic N) is 1. The maximum atomic E-state index is 12.0. The molecule has 19 heavy (non-hydrogen) atoms. The fourth-order valence-corrected chi connectivity index (χ4v) is 2.27. The minimum absolute atomic E-state index is 0.0205. The lowest BCUT2D eigenvalue weighted by molar-refractivity contribution is -0.139. The van der Waals surface area contributed by atoms with E-state index in [9.17, 15) is 9.59 Å². The Morgan fingerprint density at radius 3 is 2.74 bits per heavy atom. The van der Waals surface area contributed by atoms with Gasteiger partial charge in [0.1, 0.15) is 5.76 Å². The number of furan rings is 1. The number of aliphatic carboxylic acids is 1. The van der Waals surface area contributed by atoms with E-state index in [4.69, 9.17) is 9.52 Å². The number of urea groups is 1. The summed E-state index contributed by atoms with van der Waals surface area (Å²) in [6.45, 7) is 0.363. The lowest BCUT2D eigenvalue weighted by atomic mass is 9.74. The van der Waals surface area contributed by atoms with E-state index in [1.807, 2.05) is 0 Å². The Bertz CT molecular complexity index is 451. The van der Waals surface area contributed by atoms with Crippen LogP contribution in [0.5, 0.6) is 0 Å². The molecular formula is C13H18N2O4. The Labute approximate surface area is 111 Å². The van der Waals surface area contributed by atoms with Crippen LogP contribution in [0.2, 0.25) is 0 Å². The zero-order valence-electron chi connectivity index (χ0n) is 10.9. The number of hydrogen-bond acceptors (Lipinski definition) is 3. The number of hydrogen-bond donors (Lipinski definition) is 2. The van der Waals surface area contributed by atoms with E-state index in [2.05, 4.69) is 5.32 Å². The van der Waals surface area contributed by atoms with Crippen molar-refractivity contribution >= 4 is 12.0 Å². The van der Waals surface area contributed by atoms with Crippen LogP contribution in [0.15, 0.2) is 22.8 Å². The third kappa shape index (κ3) is 3.27. The average molecular weight is 266 g/mol. The number of carboxylic acid groups (broad SMARTS) is 1. The summed E-state index contributed by atoms with van der Waals surface area (Å²) in [5.74, 6) is -0.188. The van der Waals surface area contributed by atoms with Crippen molar-refractivity contribution in [1.29, 1.82) is 0 Å². The number of rotatable bonds is 5. The average Bonchev–Trinajstić information content (AvgIpc) is 2.78. The third-order valence-corrected chi connectivity index (χ3v) is 3.49. The normalized spacial score (nSPS) is 16.5. The van der Waals surface area contributed by atoms with Crippen LogP contribution in [0.4, 0.5) is 4.79 Å². The van der Waals surface area contributed by atoms with E-state index in [0.717, 1.165) is 19.3 Å². The zero-order valence-corrected chi connectivity index (χ0v) is 10.9. The van der Waals surface area contributed by atoms with Gasteiger partial charge in [-0.2, -0.15) is 0 Å². The van der Waals surface area contributed by atoms with Crippen LogP contribution in [0.25, 0.3) is 0 Å². The predicted octanol–water partition coefficient (Wildman–Crippen LogP) is 1.82. The van der Waals surface area contributed by atoms with Crippen LogP contribution in [-0.2, 0) is 11.3 Å². The summed E-state index contributed by atoms with van der Waals surface area (Å²) in [5.41, 5.74) is -0.569. The molecule has 1 aromatic heterocycles. The monoisotopic (exact) mass is 266 g/mol. The molecule has 104 valence electrons. The van der Waals surface area contributed by atoms with Gasteiger partial charge in [0.25, 0.3) is 0 Å². The van der Waals surface area contributed by atoms with Crippen LogP contribution in [-0.4, -0.2) is 34.6 Å². The number of amides is 2. The molecule has 0 aliphatic heterocycles. The highest BCUT2D eigenvalue weighted by molar-refractivity contribution is 5.77. The fraction of sp³-hybridized carbons (Fsp3) is 0.538. The van der Waals surface area contributed by atoms with Crippen molar-refractivity contribution in [1.82, 2.24) is 10.2 Å². The minimum atomic E-state index is -0.881. The molecule has 0 atom stereocenters. The van der Waals surface area contributed by atoms with Gasteiger partial charge in [0, 0.05) is 7.05 Å². The van der Waals surface area contributed by atoms with Gasteiger partial charge in [-0.25, -0.2) is 4.79 Å². The summed E-state index contributed by atoms with van der Waals surface area (Å²) in [7, 11) is 1.66. The molecular weight excluding hydrogens is 248 g/mol. The van der Waals surface area contributed by atoms with E-state index < -0.39 is 11.5 Å². The largest absolute Gasteiger partial charge is 0.481 e. The van der Waals surface area contributed by atoms with Gasteiger partial charge < -0.3 is 19.7 Å². The third-order valence-electron chi connectivity index (χ3n) is 3.49. The van der Waals surface area contributed by atoms with Gasteiger partial charge in [-0.15, -0.1) is 0 Å². The Kier molecular flexibility index (Phi) is 3.78. The van der Waals surface area contributed by atoms with Crippen molar-refractivity contribution in [3.05, 3.63) is 24.2 Å². The van der Waals surface area contributed by atoms with Crippen molar-refractivity contribution < 1.29 is 19.1 Å². The predicted molar refractivity (Wildman–Crippen MR) is 67.5 cm³/mol. The first-order valence-corrected chi connectivity index (χ1v) is 6.28. The molecule has 6 nitrogen and oxygen atoms in total. The molecule has 2 amide bonds. The van der Waals surface area contributed by atoms with E-state index in [1.54, 1.807) is 25.4 Å². The Balaban J connectivity index is 1.90. The molecule has 6 heteroatoms. The molecule has 1 saturated carbocycles. The Morgan fingerprint density at radius 2 is 2.26 bits per heavy atom. The summed E-state index contributed by atoms with van der Waals surface area (Å²) < 4.78 is 5.17. The van der Waals surface area contributed by atoms with Crippen molar-refractivity contribution in [2.45, 2.75) is 37.8 Å². The first-order valence-electron chi connectivity index (χ1n) is 6.28. The standard InChI is InChI=1S/C13H18N2O4/c1-15(9-10-4-2-7-19-10)12(18)14-13(5-3-6-13)8-11(16)17/h2,4,7H,3,5-6,8-9H2,1H3,(H,14,18)(H,16,17).